The number of hydrogen-bond acceptors (Lipinski definition) is 3. The summed E-state index contributed by atoms with van der Waals surface area (Å²) in [4.78, 5) is 24.1. The van der Waals surface area contributed by atoms with E-state index in [2.05, 4.69) is 5.32 Å². The second-order valence-electron chi connectivity index (χ2n) is 7.39. The van der Waals surface area contributed by atoms with Gasteiger partial charge in [-0.2, -0.15) is 0 Å². The summed E-state index contributed by atoms with van der Waals surface area (Å²) in [7, 11) is 1.81. The van der Waals surface area contributed by atoms with E-state index >= 15 is 0 Å². The Kier molecular flexibility index (Phi) is 6.48. The average molecular weight is 429 g/mol. The number of fused-ring (bicyclic) bond motifs is 1. The number of nitrogens with zero attached hydrogens (tertiary/aromatic N) is 1. The van der Waals surface area contributed by atoms with Crippen molar-refractivity contribution in [2.45, 2.75) is 32.2 Å². The van der Waals surface area contributed by atoms with Crippen molar-refractivity contribution in [3.8, 4) is 0 Å². The number of nitrogens with one attached hydrogen (secondary N) is 1. The summed E-state index contributed by atoms with van der Waals surface area (Å²) in [5.41, 5.74) is 3.75. The van der Waals surface area contributed by atoms with E-state index in [1.54, 1.807) is 41.8 Å². The maximum atomic E-state index is 12.9. The van der Waals surface area contributed by atoms with E-state index in [4.69, 9.17) is 16.7 Å². The smallest absolute Gasteiger partial charge is 0.310 e. The standard InChI is InChI=1S/C23H25ClN2O4/c1-4-14-9-18(24)17-11-21(26(3)20(17)10-14)22(28)25-19(12-27)16-7-5-15(6-8-16)13(2)23(29)30/h5-11,13,19,27H,4,12H2,1-3H3,(H,25,28)(H,29,30)/t13?,19-/m1/s1. The highest BCUT2D eigenvalue weighted by Gasteiger charge is 2.20. The molecule has 1 amide bonds. The van der Waals surface area contributed by atoms with Crippen molar-refractivity contribution in [2.24, 2.45) is 7.05 Å². The minimum absolute atomic E-state index is 0.287. The van der Waals surface area contributed by atoms with Gasteiger partial charge in [-0.15, -0.1) is 0 Å². The van der Waals surface area contributed by atoms with Gasteiger partial charge < -0.3 is 20.1 Å². The number of rotatable bonds is 7. The summed E-state index contributed by atoms with van der Waals surface area (Å²) in [6.07, 6.45) is 0.839. The summed E-state index contributed by atoms with van der Waals surface area (Å²) in [5, 5.41) is 23.2. The number of aliphatic carboxylic acids is 1. The van der Waals surface area contributed by atoms with E-state index in [1.807, 2.05) is 26.1 Å². The molecule has 0 aliphatic rings. The van der Waals surface area contributed by atoms with Crippen LogP contribution in [0.1, 0.15) is 53.0 Å². The van der Waals surface area contributed by atoms with Crippen LogP contribution >= 0.6 is 11.6 Å². The lowest BCUT2D eigenvalue weighted by atomic mass is 9.98. The molecule has 158 valence electrons. The molecule has 2 atom stereocenters. The fourth-order valence-electron chi connectivity index (χ4n) is 3.49. The third-order valence-corrected chi connectivity index (χ3v) is 5.82. The number of hydrogen-bond donors (Lipinski definition) is 3. The van der Waals surface area contributed by atoms with Gasteiger partial charge in [0.05, 0.1) is 29.1 Å². The average Bonchev–Trinajstić information content (AvgIpc) is 3.08. The van der Waals surface area contributed by atoms with Crippen molar-refractivity contribution in [1.82, 2.24) is 9.88 Å². The summed E-state index contributed by atoms with van der Waals surface area (Å²) in [6, 6.07) is 11.9. The van der Waals surface area contributed by atoms with Crippen molar-refractivity contribution in [3.05, 3.63) is 69.9 Å². The highest BCUT2D eigenvalue weighted by atomic mass is 35.5. The van der Waals surface area contributed by atoms with Crippen molar-refractivity contribution in [3.63, 3.8) is 0 Å². The van der Waals surface area contributed by atoms with Crippen LogP contribution in [-0.4, -0.2) is 33.3 Å². The second-order valence-corrected chi connectivity index (χ2v) is 7.80. The molecule has 0 radical (unpaired) electrons. The molecule has 3 rings (SSSR count). The monoisotopic (exact) mass is 428 g/mol. The Morgan fingerprint density at radius 2 is 1.77 bits per heavy atom. The van der Waals surface area contributed by atoms with Crippen LogP contribution in [0.3, 0.4) is 0 Å². The van der Waals surface area contributed by atoms with Gasteiger partial charge in [-0.05, 0) is 48.2 Å². The number of aliphatic hydroxyl groups is 1. The third kappa shape index (κ3) is 4.20. The first-order chi connectivity index (χ1) is 14.3. The molecule has 0 bridgehead atoms. The number of carbonyl (C=O) groups is 2. The Hall–Kier alpha value is -2.83. The zero-order chi connectivity index (χ0) is 22.0. The van der Waals surface area contributed by atoms with Crippen LogP contribution in [0.4, 0.5) is 0 Å². The van der Waals surface area contributed by atoms with Crippen LogP contribution < -0.4 is 5.32 Å². The van der Waals surface area contributed by atoms with Crippen molar-refractivity contribution in [1.29, 1.82) is 0 Å². The number of carboxylic acids is 1. The Morgan fingerprint density at radius 1 is 1.13 bits per heavy atom. The minimum atomic E-state index is -0.907. The minimum Gasteiger partial charge on any atom is -0.481 e. The molecule has 0 saturated heterocycles. The molecule has 1 aromatic heterocycles. The number of aryl methyl sites for hydroxylation is 2. The molecule has 1 heterocycles. The van der Waals surface area contributed by atoms with Gasteiger partial charge in [0.2, 0.25) is 0 Å². The van der Waals surface area contributed by atoms with Gasteiger partial charge >= 0.3 is 5.97 Å². The first-order valence-electron chi connectivity index (χ1n) is 9.79. The van der Waals surface area contributed by atoms with Crippen LogP contribution in [0.25, 0.3) is 10.9 Å². The van der Waals surface area contributed by atoms with E-state index in [1.165, 1.54) is 0 Å². The number of aliphatic hydroxyl groups excluding tert-OH is 1. The fraction of sp³-hybridized carbons (Fsp3) is 0.304. The fourth-order valence-corrected chi connectivity index (χ4v) is 3.78. The van der Waals surface area contributed by atoms with Crippen LogP contribution in [0.2, 0.25) is 5.02 Å². The van der Waals surface area contributed by atoms with E-state index < -0.39 is 17.9 Å². The lowest BCUT2D eigenvalue weighted by Gasteiger charge is -2.18. The molecule has 7 heteroatoms. The zero-order valence-corrected chi connectivity index (χ0v) is 17.9. The number of carboxylic acid groups (broad SMARTS) is 1. The Labute approximate surface area is 180 Å². The molecule has 6 nitrogen and oxygen atoms in total. The van der Waals surface area contributed by atoms with Crippen molar-refractivity contribution in [2.75, 3.05) is 6.61 Å². The van der Waals surface area contributed by atoms with E-state index in [0.717, 1.165) is 22.9 Å². The maximum Gasteiger partial charge on any atom is 0.310 e. The highest BCUT2D eigenvalue weighted by molar-refractivity contribution is 6.35. The quantitative estimate of drug-likeness (QED) is 0.529. The predicted molar refractivity (Wildman–Crippen MR) is 117 cm³/mol. The number of amides is 1. The van der Waals surface area contributed by atoms with Crippen LogP contribution in [0.5, 0.6) is 0 Å². The van der Waals surface area contributed by atoms with Gasteiger partial charge in [-0.3, -0.25) is 9.59 Å². The van der Waals surface area contributed by atoms with Gasteiger partial charge in [0, 0.05) is 12.4 Å². The molecule has 2 aromatic carbocycles. The largest absolute Gasteiger partial charge is 0.481 e. The first kappa shape index (κ1) is 21.9. The molecule has 0 spiro atoms. The lowest BCUT2D eigenvalue weighted by Crippen LogP contribution is -2.32. The maximum absolute atomic E-state index is 12.9. The van der Waals surface area contributed by atoms with E-state index in [9.17, 15) is 14.7 Å². The molecule has 3 N–H and O–H groups in total. The van der Waals surface area contributed by atoms with Crippen molar-refractivity contribution < 1.29 is 19.8 Å². The highest BCUT2D eigenvalue weighted by Crippen LogP contribution is 2.29. The second kappa shape index (κ2) is 8.90. The Bertz CT molecular complexity index is 1090. The molecule has 0 aliphatic heterocycles. The molecule has 1 unspecified atom stereocenters. The summed E-state index contributed by atoms with van der Waals surface area (Å²) in [6.45, 7) is 3.37. The molecular formula is C23H25ClN2O4. The molecule has 30 heavy (non-hydrogen) atoms. The number of benzene rings is 2. The van der Waals surface area contributed by atoms with Gasteiger partial charge in [0.15, 0.2) is 0 Å². The van der Waals surface area contributed by atoms with Crippen LogP contribution in [-0.2, 0) is 18.3 Å². The molecule has 0 aliphatic carbocycles. The van der Waals surface area contributed by atoms with E-state index in [-0.39, 0.29) is 12.5 Å². The Balaban J connectivity index is 1.86. The third-order valence-electron chi connectivity index (χ3n) is 5.51. The summed E-state index contributed by atoms with van der Waals surface area (Å²) < 4.78 is 1.79. The van der Waals surface area contributed by atoms with Crippen LogP contribution in [0, 0.1) is 0 Å². The predicted octanol–water partition coefficient (Wildman–Crippen LogP) is 4.05. The Morgan fingerprint density at radius 3 is 2.33 bits per heavy atom. The number of aromatic nitrogens is 1. The first-order valence-corrected chi connectivity index (χ1v) is 10.2. The molecule has 0 fully saturated rings. The number of halogens is 1. The molecule has 0 saturated carbocycles. The molecule has 3 aromatic rings. The SMILES string of the molecule is CCc1cc(Cl)c2cc(C(=O)N[C@H](CO)c3ccc(C(C)C(=O)O)cc3)n(C)c2c1. The topological polar surface area (TPSA) is 91.6 Å². The van der Waals surface area contributed by atoms with Crippen LogP contribution in [0.15, 0.2) is 42.5 Å². The van der Waals surface area contributed by atoms with Gasteiger partial charge in [0.25, 0.3) is 5.91 Å². The van der Waals surface area contributed by atoms with E-state index in [0.29, 0.717) is 21.8 Å². The number of carbonyl (C=O) groups excluding carboxylic acids is 1. The zero-order valence-electron chi connectivity index (χ0n) is 17.1. The summed E-state index contributed by atoms with van der Waals surface area (Å²) in [5.74, 6) is -1.87. The van der Waals surface area contributed by atoms with Gasteiger partial charge in [-0.25, -0.2) is 0 Å². The van der Waals surface area contributed by atoms with Crippen molar-refractivity contribution >= 4 is 34.4 Å². The van der Waals surface area contributed by atoms with Gasteiger partial charge in [0.1, 0.15) is 5.69 Å². The lowest BCUT2D eigenvalue weighted by molar-refractivity contribution is -0.138. The normalized spacial score (nSPS) is 13.2. The summed E-state index contributed by atoms with van der Waals surface area (Å²) >= 11 is 6.40. The molecular weight excluding hydrogens is 404 g/mol. The van der Waals surface area contributed by atoms with Gasteiger partial charge in [-0.1, -0.05) is 42.8 Å².